The van der Waals surface area contributed by atoms with Gasteiger partial charge in [0.05, 0.1) is 20.8 Å². The van der Waals surface area contributed by atoms with Crippen LogP contribution in [0.15, 0.2) is 18.2 Å². The second-order valence-corrected chi connectivity index (χ2v) is 5.64. The minimum Gasteiger partial charge on any atom is -0.497 e. The van der Waals surface area contributed by atoms with Crippen LogP contribution < -0.4 is 14.8 Å². The highest BCUT2D eigenvalue weighted by molar-refractivity contribution is 5.78. The molecule has 0 bridgehead atoms. The summed E-state index contributed by atoms with van der Waals surface area (Å²) in [6.07, 6.45) is 4.94. The van der Waals surface area contributed by atoms with E-state index in [9.17, 15) is 4.79 Å². The van der Waals surface area contributed by atoms with Gasteiger partial charge in [-0.05, 0) is 44.1 Å². The standard InChI is InChI=1S/C17H26N2O3/c1-21-15-7-8-16(22-2)14(11-15)12-18-17(20)13-19-9-5-3-4-6-10-19/h7-8,11H,3-6,9-10,12-13H2,1-2H3,(H,18,20). The van der Waals surface area contributed by atoms with E-state index in [1.807, 2.05) is 18.2 Å². The maximum absolute atomic E-state index is 12.1. The maximum atomic E-state index is 12.1. The molecule has 5 heteroatoms. The van der Waals surface area contributed by atoms with Crippen LogP contribution in [0.25, 0.3) is 0 Å². The number of rotatable bonds is 6. The van der Waals surface area contributed by atoms with Gasteiger partial charge in [0.15, 0.2) is 0 Å². The Morgan fingerprint density at radius 2 is 1.86 bits per heavy atom. The first-order chi connectivity index (χ1) is 10.7. The number of likely N-dealkylation sites (tertiary alicyclic amines) is 1. The fourth-order valence-electron chi connectivity index (χ4n) is 2.77. The Kier molecular flexibility index (Phi) is 6.52. The number of hydrogen-bond acceptors (Lipinski definition) is 4. The first kappa shape index (κ1) is 16.6. The third-order valence-corrected chi connectivity index (χ3v) is 4.03. The molecule has 2 rings (SSSR count). The summed E-state index contributed by atoms with van der Waals surface area (Å²) in [6.45, 7) is 2.98. The molecule has 1 heterocycles. The molecule has 1 aliphatic rings. The number of nitrogens with zero attached hydrogens (tertiary/aromatic N) is 1. The normalized spacial score (nSPS) is 15.9. The lowest BCUT2D eigenvalue weighted by Crippen LogP contribution is -2.37. The van der Waals surface area contributed by atoms with Crippen molar-refractivity contribution < 1.29 is 14.3 Å². The minimum absolute atomic E-state index is 0.0618. The number of benzene rings is 1. The number of amides is 1. The number of nitrogens with one attached hydrogen (secondary N) is 1. The summed E-state index contributed by atoms with van der Waals surface area (Å²) < 4.78 is 10.5. The van der Waals surface area contributed by atoms with E-state index in [2.05, 4.69) is 10.2 Å². The van der Waals surface area contributed by atoms with Gasteiger partial charge in [-0.2, -0.15) is 0 Å². The molecule has 0 spiro atoms. The van der Waals surface area contributed by atoms with Crippen LogP contribution in [-0.2, 0) is 11.3 Å². The number of carbonyl (C=O) groups excluding carboxylic acids is 1. The highest BCUT2D eigenvalue weighted by atomic mass is 16.5. The van der Waals surface area contributed by atoms with Crippen LogP contribution in [0.4, 0.5) is 0 Å². The smallest absolute Gasteiger partial charge is 0.234 e. The van der Waals surface area contributed by atoms with Crippen molar-refractivity contribution in [2.75, 3.05) is 33.9 Å². The molecule has 0 radical (unpaired) electrons. The van der Waals surface area contributed by atoms with Gasteiger partial charge in [-0.15, -0.1) is 0 Å². The lowest BCUT2D eigenvalue weighted by molar-refractivity contribution is -0.122. The maximum Gasteiger partial charge on any atom is 0.234 e. The van der Waals surface area contributed by atoms with Crippen LogP contribution in [0.1, 0.15) is 31.2 Å². The second-order valence-electron chi connectivity index (χ2n) is 5.64. The molecule has 1 aromatic carbocycles. The van der Waals surface area contributed by atoms with Gasteiger partial charge in [0, 0.05) is 12.1 Å². The molecule has 0 unspecified atom stereocenters. The summed E-state index contributed by atoms with van der Waals surface area (Å²) in [5, 5.41) is 2.98. The summed E-state index contributed by atoms with van der Waals surface area (Å²) in [5.41, 5.74) is 0.922. The number of hydrogen-bond donors (Lipinski definition) is 1. The van der Waals surface area contributed by atoms with Crippen molar-refractivity contribution in [3.05, 3.63) is 23.8 Å². The van der Waals surface area contributed by atoms with Crippen molar-refractivity contribution in [3.63, 3.8) is 0 Å². The van der Waals surface area contributed by atoms with E-state index in [0.717, 1.165) is 30.2 Å². The minimum atomic E-state index is 0.0618. The Labute approximate surface area is 132 Å². The Bertz CT molecular complexity index is 483. The Morgan fingerprint density at radius 1 is 1.14 bits per heavy atom. The molecule has 5 nitrogen and oxygen atoms in total. The SMILES string of the molecule is COc1ccc(OC)c(CNC(=O)CN2CCCCCC2)c1. The molecular formula is C17H26N2O3. The molecule has 1 fully saturated rings. The van der Waals surface area contributed by atoms with Gasteiger partial charge >= 0.3 is 0 Å². The van der Waals surface area contributed by atoms with Crippen molar-refractivity contribution in [2.24, 2.45) is 0 Å². The van der Waals surface area contributed by atoms with Crippen molar-refractivity contribution in [2.45, 2.75) is 32.2 Å². The fourth-order valence-corrected chi connectivity index (χ4v) is 2.77. The van der Waals surface area contributed by atoms with E-state index in [4.69, 9.17) is 9.47 Å². The molecule has 0 atom stereocenters. The molecule has 1 saturated heterocycles. The monoisotopic (exact) mass is 306 g/mol. The van der Waals surface area contributed by atoms with Gasteiger partial charge in [0.2, 0.25) is 5.91 Å². The number of methoxy groups -OCH3 is 2. The zero-order chi connectivity index (χ0) is 15.8. The summed E-state index contributed by atoms with van der Waals surface area (Å²) in [4.78, 5) is 14.4. The first-order valence-electron chi connectivity index (χ1n) is 7.93. The number of carbonyl (C=O) groups is 1. The average molecular weight is 306 g/mol. The van der Waals surface area contributed by atoms with E-state index in [0.29, 0.717) is 13.1 Å². The predicted molar refractivity (Wildman–Crippen MR) is 86.3 cm³/mol. The van der Waals surface area contributed by atoms with Crippen LogP contribution in [-0.4, -0.2) is 44.7 Å². The van der Waals surface area contributed by atoms with E-state index >= 15 is 0 Å². The van der Waals surface area contributed by atoms with Crippen LogP contribution in [0.2, 0.25) is 0 Å². The molecule has 1 aliphatic heterocycles. The first-order valence-corrected chi connectivity index (χ1v) is 7.93. The van der Waals surface area contributed by atoms with Crippen molar-refractivity contribution in [1.29, 1.82) is 0 Å². The van der Waals surface area contributed by atoms with Crippen LogP contribution >= 0.6 is 0 Å². The van der Waals surface area contributed by atoms with Gasteiger partial charge in [0.25, 0.3) is 0 Å². The topological polar surface area (TPSA) is 50.8 Å². The van der Waals surface area contributed by atoms with Crippen LogP contribution in [0, 0.1) is 0 Å². The average Bonchev–Trinajstić information content (AvgIpc) is 2.81. The molecule has 0 aromatic heterocycles. The Morgan fingerprint density at radius 3 is 2.50 bits per heavy atom. The van der Waals surface area contributed by atoms with Gasteiger partial charge in [-0.3, -0.25) is 9.69 Å². The molecule has 22 heavy (non-hydrogen) atoms. The Hall–Kier alpha value is -1.75. The lowest BCUT2D eigenvalue weighted by Gasteiger charge is -2.19. The highest BCUT2D eigenvalue weighted by Crippen LogP contribution is 2.23. The number of ether oxygens (including phenoxy) is 2. The molecule has 1 aromatic rings. The summed E-state index contributed by atoms with van der Waals surface area (Å²) in [6, 6.07) is 5.60. The molecular weight excluding hydrogens is 280 g/mol. The van der Waals surface area contributed by atoms with Crippen molar-refractivity contribution in [3.8, 4) is 11.5 Å². The third-order valence-electron chi connectivity index (χ3n) is 4.03. The highest BCUT2D eigenvalue weighted by Gasteiger charge is 2.13. The predicted octanol–water partition coefficient (Wildman–Crippen LogP) is 2.20. The molecule has 122 valence electrons. The second kappa shape index (κ2) is 8.63. The largest absolute Gasteiger partial charge is 0.497 e. The third kappa shape index (κ3) is 4.91. The molecule has 0 aliphatic carbocycles. The summed E-state index contributed by atoms with van der Waals surface area (Å²) in [7, 11) is 3.26. The van der Waals surface area contributed by atoms with Gasteiger partial charge < -0.3 is 14.8 Å². The fraction of sp³-hybridized carbons (Fsp3) is 0.588. The van der Waals surface area contributed by atoms with E-state index < -0.39 is 0 Å². The summed E-state index contributed by atoms with van der Waals surface area (Å²) >= 11 is 0. The van der Waals surface area contributed by atoms with E-state index in [1.54, 1.807) is 14.2 Å². The zero-order valence-electron chi connectivity index (χ0n) is 13.6. The van der Waals surface area contributed by atoms with Crippen LogP contribution in [0.3, 0.4) is 0 Å². The summed E-state index contributed by atoms with van der Waals surface area (Å²) in [5.74, 6) is 1.58. The van der Waals surface area contributed by atoms with E-state index in [-0.39, 0.29) is 5.91 Å². The van der Waals surface area contributed by atoms with Gasteiger partial charge in [-0.25, -0.2) is 0 Å². The van der Waals surface area contributed by atoms with E-state index in [1.165, 1.54) is 25.7 Å². The molecule has 1 amide bonds. The molecule has 1 N–H and O–H groups in total. The Balaban J connectivity index is 1.87. The lowest BCUT2D eigenvalue weighted by atomic mass is 10.2. The van der Waals surface area contributed by atoms with Crippen molar-refractivity contribution >= 4 is 5.91 Å². The van der Waals surface area contributed by atoms with Gasteiger partial charge in [-0.1, -0.05) is 12.8 Å². The zero-order valence-corrected chi connectivity index (χ0v) is 13.6. The van der Waals surface area contributed by atoms with Gasteiger partial charge in [0.1, 0.15) is 11.5 Å². The molecule has 0 saturated carbocycles. The van der Waals surface area contributed by atoms with Crippen LogP contribution in [0.5, 0.6) is 11.5 Å². The van der Waals surface area contributed by atoms with Crippen molar-refractivity contribution in [1.82, 2.24) is 10.2 Å². The quantitative estimate of drug-likeness (QED) is 0.875.